The predicted molar refractivity (Wildman–Crippen MR) is 115 cm³/mol. The lowest BCUT2D eigenvalue weighted by Crippen LogP contribution is -2.48. The Morgan fingerprint density at radius 1 is 0.893 bits per heavy atom. The number of hydrogen-bond acceptors (Lipinski definition) is 2. The van der Waals surface area contributed by atoms with E-state index >= 15 is 0 Å². The molecule has 0 radical (unpaired) electrons. The number of rotatable bonds is 2. The molecule has 2 aliphatic heterocycles. The van der Waals surface area contributed by atoms with Crippen LogP contribution in [0.3, 0.4) is 0 Å². The van der Waals surface area contributed by atoms with Gasteiger partial charge < -0.3 is 4.90 Å². The first-order chi connectivity index (χ1) is 13.4. The van der Waals surface area contributed by atoms with Crippen molar-refractivity contribution in [1.29, 1.82) is 0 Å². The molecule has 2 aromatic rings. The molecular formula is C25H32N2O. The molecule has 2 aliphatic rings. The number of piperidine rings is 1. The normalized spacial score (nSPS) is 18.8. The second-order valence-electron chi connectivity index (χ2n) is 9.34. The first kappa shape index (κ1) is 19.2. The number of fused-ring (bicyclic) bond motifs is 1. The van der Waals surface area contributed by atoms with Gasteiger partial charge in [0.25, 0.3) is 5.91 Å². The van der Waals surface area contributed by atoms with Crippen LogP contribution in [0.5, 0.6) is 0 Å². The van der Waals surface area contributed by atoms with Gasteiger partial charge in [-0.2, -0.15) is 0 Å². The van der Waals surface area contributed by atoms with E-state index in [0.717, 1.165) is 51.0 Å². The van der Waals surface area contributed by atoms with Gasteiger partial charge in [0.05, 0.1) is 0 Å². The van der Waals surface area contributed by atoms with Crippen LogP contribution in [-0.2, 0) is 18.4 Å². The Balaban J connectivity index is 1.35. The highest BCUT2D eigenvalue weighted by Gasteiger charge is 2.29. The van der Waals surface area contributed by atoms with Crippen molar-refractivity contribution in [3.63, 3.8) is 0 Å². The summed E-state index contributed by atoms with van der Waals surface area (Å²) in [5.74, 6) is 0.183. The average Bonchev–Trinajstić information content (AvgIpc) is 2.72. The Hall–Kier alpha value is -2.13. The molecule has 0 N–H and O–H groups in total. The number of hydrogen-bond donors (Lipinski definition) is 0. The zero-order valence-corrected chi connectivity index (χ0v) is 17.4. The van der Waals surface area contributed by atoms with Crippen molar-refractivity contribution in [2.75, 3.05) is 19.6 Å². The second kappa shape index (κ2) is 7.71. The van der Waals surface area contributed by atoms with E-state index in [0.29, 0.717) is 6.04 Å². The summed E-state index contributed by atoms with van der Waals surface area (Å²) >= 11 is 0. The lowest BCUT2D eigenvalue weighted by Gasteiger charge is -2.40. The second-order valence-corrected chi connectivity index (χ2v) is 9.34. The highest BCUT2D eigenvalue weighted by atomic mass is 16.2. The van der Waals surface area contributed by atoms with E-state index < -0.39 is 0 Å². The topological polar surface area (TPSA) is 23.6 Å². The standard InChI is InChI=1S/C25H32N2O/c1-25(2,3)22-10-8-20(9-11-22)24(28)26-16-13-23(14-17-26)27-15-12-19-6-4-5-7-21(19)18-27/h4-11,23H,12-18H2,1-3H3. The quantitative estimate of drug-likeness (QED) is 0.762. The number of benzene rings is 2. The summed E-state index contributed by atoms with van der Waals surface area (Å²) in [5.41, 5.74) is 5.19. The van der Waals surface area contributed by atoms with Gasteiger partial charge in [0.15, 0.2) is 0 Å². The molecular weight excluding hydrogens is 344 g/mol. The maximum atomic E-state index is 12.9. The van der Waals surface area contributed by atoms with E-state index in [-0.39, 0.29) is 11.3 Å². The van der Waals surface area contributed by atoms with Crippen LogP contribution in [0.1, 0.15) is 60.7 Å². The van der Waals surface area contributed by atoms with Crippen molar-refractivity contribution in [1.82, 2.24) is 9.80 Å². The molecule has 3 nitrogen and oxygen atoms in total. The molecule has 28 heavy (non-hydrogen) atoms. The molecule has 4 rings (SSSR count). The van der Waals surface area contributed by atoms with Crippen molar-refractivity contribution in [3.05, 3.63) is 70.8 Å². The fraction of sp³-hybridized carbons (Fsp3) is 0.480. The minimum absolute atomic E-state index is 0.118. The Kier molecular flexibility index (Phi) is 5.29. The van der Waals surface area contributed by atoms with Gasteiger partial charge in [-0.25, -0.2) is 0 Å². The van der Waals surface area contributed by atoms with Crippen molar-refractivity contribution in [2.45, 2.75) is 58.0 Å². The van der Waals surface area contributed by atoms with E-state index in [1.807, 2.05) is 17.0 Å². The molecule has 0 bridgehead atoms. The van der Waals surface area contributed by atoms with Crippen molar-refractivity contribution in [3.8, 4) is 0 Å². The molecule has 0 atom stereocenters. The molecule has 2 aromatic carbocycles. The third-order valence-corrected chi connectivity index (χ3v) is 6.43. The van der Waals surface area contributed by atoms with E-state index in [1.54, 1.807) is 0 Å². The molecule has 1 saturated heterocycles. The number of carbonyl (C=O) groups excluding carboxylic acids is 1. The third-order valence-electron chi connectivity index (χ3n) is 6.43. The number of nitrogens with zero attached hydrogens (tertiary/aromatic N) is 2. The molecule has 2 heterocycles. The Bertz CT molecular complexity index is 826. The minimum atomic E-state index is 0.118. The van der Waals surface area contributed by atoms with Crippen LogP contribution >= 0.6 is 0 Å². The van der Waals surface area contributed by atoms with Crippen LogP contribution in [0.15, 0.2) is 48.5 Å². The first-order valence-corrected chi connectivity index (χ1v) is 10.6. The van der Waals surface area contributed by atoms with Crippen LogP contribution < -0.4 is 0 Å². The maximum Gasteiger partial charge on any atom is 0.253 e. The molecule has 148 valence electrons. The van der Waals surface area contributed by atoms with Crippen LogP contribution in [0.2, 0.25) is 0 Å². The molecule has 1 fully saturated rings. The molecule has 0 aromatic heterocycles. The molecule has 0 unspecified atom stereocenters. The molecule has 3 heteroatoms. The predicted octanol–water partition coefficient (Wildman–Crippen LogP) is 4.65. The minimum Gasteiger partial charge on any atom is -0.339 e. The number of carbonyl (C=O) groups is 1. The van der Waals surface area contributed by atoms with Crippen LogP contribution in [0, 0.1) is 0 Å². The number of likely N-dealkylation sites (tertiary alicyclic amines) is 1. The number of amides is 1. The monoisotopic (exact) mass is 376 g/mol. The maximum absolute atomic E-state index is 12.9. The van der Waals surface area contributed by atoms with Gasteiger partial charge in [-0.1, -0.05) is 57.2 Å². The highest BCUT2D eigenvalue weighted by Crippen LogP contribution is 2.26. The Morgan fingerprint density at radius 3 is 2.18 bits per heavy atom. The van der Waals surface area contributed by atoms with Gasteiger partial charge in [0, 0.05) is 37.8 Å². The Morgan fingerprint density at radius 2 is 1.54 bits per heavy atom. The van der Waals surface area contributed by atoms with Crippen LogP contribution in [0.4, 0.5) is 0 Å². The summed E-state index contributed by atoms with van der Waals surface area (Å²) in [6.07, 6.45) is 3.30. The van der Waals surface area contributed by atoms with Gasteiger partial charge in [-0.15, -0.1) is 0 Å². The summed E-state index contributed by atoms with van der Waals surface area (Å²) in [4.78, 5) is 17.6. The lowest BCUT2D eigenvalue weighted by atomic mass is 9.86. The smallest absolute Gasteiger partial charge is 0.253 e. The summed E-state index contributed by atoms with van der Waals surface area (Å²) in [7, 11) is 0. The highest BCUT2D eigenvalue weighted by molar-refractivity contribution is 5.94. The summed E-state index contributed by atoms with van der Waals surface area (Å²) in [6.45, 7) is 10.5. The van der Waals surface area contributed by atoms with Gasteiger partial charge in [0.2, 0.25) is 0 Å². The largest absolute Gasteiger partial charge is 0.339 e. The SMILES string of the molecule is CC(C)(C)c1ccc(C(=O)N2CCC(N3CCc4ccccc4C3)CC2)cc1. The fourth-order valence-electron chi connectivity index (χ4n) is 4.56. The third kappa shape index (κ3) is 4.00. The fourth-order valence-corrected chi connectivity index (χ4v) is 4.56. The van der Waals surface area contributed by atoms with Crippen molar-refractivity contribution < 1.29 is 4.79 Å². The van der Waals surface area contributed by atoms with Crippen LogP contribution in [-0.4, -0.2) is 41.4 Å². The molecule has 0 aliphatic carbocycles. The zero-order chi connectivity index (χ0) is 19.7. The first-order valence-electron chi connectivity index (χ1n) is 10.6. The van der Waals surface area contributed by atoms with Gasteiger partial charge in [-0.3, -0.25) is 9.69 Å². The molecule has 0 saturated carbocycles. The van der Waals surface area contributed by atoms with Crippen molar-refractivity contribution in [2.24, 2.45) is 0 Å². The molecule has 1 amide bonds. The van der Waals surface area contributed by atoms with Crippen molar-refractivity contribution >= 4 is 5.91 Å². The Labute approximate surface area is 169 Å². The van der Waals surface area contributed by atoms with Gasteiger partial charge in [0.1, 0.15) is 0 Å². The summed E-state index contributed by atoms with van der Waals surface area (Å²) in [5, 5.41) is 0. The summed E-state index contributed by atoms with van der Waals surface area (Å²) in [6, 6.07) is 17.6. The van der Waals surface area contributed by atoms with Gasteiger partial charge >= 0.3 is 0 Å². The van der Waals surface area contributed by atoms with E-state index in [4.69, 9.17) is 0 Å². The van der Waals surface area contributed by atoms with Crippen LogP contribution in [0.25, 0.3) is 0 Å². The average molecular weight is 377 g/mol. The van der Waals surface area contributed by atoms with Gasteiger partial charge in [-0.05, 0) is 53.5 Å². The van der Waals surface area contributed by atoms with E-state index in [9.17, 15) is 4.79 Å². The van der Waals surface area contributed by atoms with E-state index in [2.05, 4.69) is 62.1 Å². The van der Waals surface area contributed by atoms with E-state index in [1.165, 1.54) is 16.7 Å². The zero-order valence-electron chi connectivity index (χ0n) is 17.4. The lowest BCUT2D eigenvalue weighted by molar-refractivity contribution is 0.0599. The summed E-state index contributed by atoms with van der Waals surface area (Å²) < 4.78 is 0. The molecule has 0 spiro atoms.